The van der Waals surface area contributed by atoms with Crippen LogP contribution < -0.4 is 5.73 Å². The number of hydrogen-bond donors (Lipinski definition) is 1. The SMILES string of the molecule is CC(N)C(c1cccc(Cl)c1)N(C)CC1CC2CCC1C2. The maximum absolute atomic E-state index is 6.29. The first-order valence-corrected chi connectivity index (χ1v) is 8.63. The number of hydrogen-bond acceptors (Lipinski definition) is 2. The predicted molar refractivity (Wildman–Crippen MR) is 89.4 cm³/mol. The molecule has 2 aliphatic rings. The van der Waals surface area contributed by atoms with Crippen LogP contribution in [0.15, 0.2) is 24.3 Å². The van der Waals surface area contributed by atoms with Gasteiger partial charge in [0.25, 0.3) is 0 Å². The molecule has 0 heterocycles. The Kier molecular flexibility index (Phi) is 4.58. The van der Waals surface area contributed by atoms with Crippen LogP contribution in [0, 0.1) is 17.8 Å². The number of nitrogens with two attached hydrogens (primary N) is 1. The summed E-state index contributed by atoms with van der Waals surface area (Å²) in [6.45, 7) is 3.27. The Balaban J connectivity index is 1.71. The van der Waals surface area contributed by atoms with Gasteiger partial charge in [-0.15, -0.1) is 0 Å². The molecule has 0 radical (unpaired) electrons. The van der Waals surface area contributed by atoms with Gasteiger partial charge in [-0.05, 0) is 68.7 Å². The van der Waals surface area contributed by atoms with Crippen LogP contribution in [-0.4, -0.2) is 24.5 Å². The minimum atomic E-state index is 0.104. The minimum absolute atomic E-state index is 0.104. The molecule has 21 heavy (non-hydrogen) atoms. The lowest BCUT2D eigenvalue weighted by Crippen LogP contribution is -2.40. The van der Waals surface area contributed by atoms with E-state index in [4.69, 9.17) is 17.3 Å². The van der Waals surface area contributed by atoms with Gasteiger partial charge in [0.15, 0.2) is 0 Å². The summed E-state index contributed by atoms with van der Waals surface area (Å²) < 4.78 is 0. The maximum Gasteiger partial charge on any atom is 0.0494 e. The van der Waals surface area contributed by atoms with Crippen molar-refractivity contribution >= 4 is 11.6 Å². The summed E-state index contributed by atoms with van der Waals surface area (Å²) in [5, 5.41) is 0.798. The Labute approximate surface area is 133 Å². The van der Waals surface area contributed by atoms with Crippen LogP contribution in [0.2, 0.25) is 5.02 Å². The zero-order chi connectivity index (χ0) is 15.0. The highest BCUT2D eigenvalue weighted by atomic mass is 35.5. The van der Waals surface area contributed by atoms with Crippen LogP contribution in [0.1, 0.15) is 44.2 Å². The van der Waals surface area contributed by atoms with E-state index in [2.05, 4.69) is 31.0 Å². The maximum atomic E-state index is 6.29. The highest BCUT2D eigenvalue weighted by molar-refractivity contribution is 6.30. The molecular weight excluding hydrogens is 280 g/mol. The lowest BCUT2D eigenvalue weighted by atomic mass is 9.87. The first kappa shape index (κ1) is 15.3. The fourth-order valence-electron chi connectivity index (χ4n) is 4.73. The van der Waals surface area contributed by atoms with Crippen LogP contribution in [0.25, 0.3) is 0 Å². The van der Waals surface area contributed by atoms with E-state index >= 15 is 0 Å². The van der Waals surface area contributed by atoms with Crippen LogP contribution in [0.5, 0.6) is 0 Å². The topological polar surface area (TPSA) is 29.3 Å². The zero-order valence-electron chi connectivity index (χ0n) is 13.1. The Morgan fingerprint density at radius 1 is 1.33 bits per heavy atom. The van der Waals surface area contributed by atoms with E-state index in [0.29, 0.717) is 0 Å². The Bertz CT molecular complexity index is 488. The molecule has 2 saturated carbocycles. The van der Waals surface area contributed by atoms with Crippen molar-refractivity contribution in [2.75, 3.05) is 13.6 Å². The number of benzene rings is 1. The molecule has 116 valence electrons. The van der Waals surface area contributed by atoms with Gasteiger partial charge >= 0.3 is 0 Å². The molecule has 0 aromatic heterocycles. The fourth-order valence-corrected chi connectivity index (χ4v) is 4.93. The minimum Gasteiger partial charge on any atom is -0.326 e. The molecule has 3 rings (SSSR count). The van der Waals surface area contributed by atoms with Crippen molar-refractivity contribution < 1.29 is 0 Å². The smallest absolute Gasteiger partial charge is 0.0494 e. The van der Waals surface area contributed by atoms with Crippen molar-refractivity contribution in [2.45, 2.75) is 44.7 Å². The van der Waals surface area contributed by atoms with Crippen LogP contribution in [0.4, 0.5) is 0 Å². The molecule has 0 amide bonds. The van der Waals surface area contributed by atoms with Gasteiger partial charge < -0.3 is 5.73 Å². The lowest BCUT2D eigenvalue weighted by Gasteiger charge is -2.35. The Morgan fingerprint density at radius 2 is 2.14 bits per heavy atom. The molecule has 2 fully saturated rings. The van der Waals surface area contributed by atoms with Gasteiger partial charge in [0, 0.05) is 23.7 Å². The van der Waals surface area contributed by atoms with Gasteiger partial charge in [-0.25, -0.2) is 0 Å². The van der Waals surface area contributed by atoms with Crippen LogP contribution >= 0.6 is 11.6 Å². The zero-order valence-corrected chi connectivity index (χ0v) is 13.9. The summed E-state index contributed by atoms with van der Waals surface area (Å²) in [6, 6.07) is 8.52. The van der Waals surface area contributed by atoms with Gasteiger partial charge in [0.05, 0.1) is 0 Å². The van der Waals surface area contributed by atoms with Crippen molar-refractivity contribution in [3.8, 4) is 0 Å². The number of likely N-dealkylation sites (N-methyl/N-ethyl adjacent to an activating group) is 1. The lowest BCUT2D eigenvalue weighted by molar-refractivity contribution is 0.158. The molecule has 1 aromatic rings. The summed E-state index contributed by atoms with van der Waals surface area (Å²) >= 11 is 6.16. The van der Waals surface area contributed by atoms with Gasteiger partial charge in [-0.1, -0.05) is 30.2 Å². The van der Waals surface area contributed by atoms with E-state index in [1.165, 1.54) is 37.8 Å². The van der Waals surface area contributed by atoms with Gasteiger partial charge in [0.1, 0.15) is 0 Å². The molecule has 2 aliphatic carbocycles. The third-order valence-electron chi connectivity index (χ3n) is 5.57. The molecule has 0 spiro atoms. The molecule has 3 heteroatoms. The standard InChI is InChI=1S/C18H27ClN2/c1-12(20)18(15-4-3-5-17(19)10-15)21(2)11-16-9-13-6-7-14(16)8-13/h3-5,10,12-14,16,18H,6-9,11,20H2,1-2H3. The van der Waals surface area contributed by atoms with Crippen molar-refractivity contribution in [3.63, 3.8) is 0 Å². The quantitative estimate of drug-likeness (QED) is 0.887. The van der Waals surface area contributed by atoms with Crippen LogP contribution in [0.3, 0.4) is 0 Å². The number of fused-ring (bicyclic) bond motifs is 2. The van der Waals surface area contributed by atoms with Crippen molar-refractivity contribution in [2.24, 2.45) is 23.5 Å². The molecule has 0 aliphatic heterocycles. The molecular formula is C18H27ClN2. The number of halogens is 1. The average molecular weight is 307 g/mol. The van der Waals surface area contributed by atoms with Crippen molar-refractivity contribution in [3.05, 3.63) is 34.9 Å². The molecule has 2 nitrogen and oxygen atoms in total. The van der Waals surface area contributed by atoms with Gasteiger partial charge in [-0.3, -0.25) is 4.90 Å². The van der Waals surface area contributed by atoms with Gasteiger partial charge in [0.2, 0.25) is 0 Å². The number of rotatable bonds is 5. The second kappa shape index (κ2) is 6.28. The van der Waals surface area contributed by atoms with Gasteiger partial charge in [-0.2, -0.15) is 0 Å². The van der Waals surface area contributed by atoms with E-state index in [9.17, 15) is 0 Å². The molecule has 5 atom stereocenters. The monoisotopic (exact) mass is 306 g/mol. The Hall–Kier alpha value is -0.570. The van der Waals surface area contributed by atoms with E-state index < -0.39 is 0 Å². The fraction of sp³-hybridized carbons (Fsp3) is 0.667. The van der Waals surface area contributed by atoms with Crippen LogP contribution in [-0.2, 0) is 0 Å². The van der Waals surface area contributed by atoms with E-state index in [1.807, 2.05) is 12.1 Å². The van der Waals surface area contributed by atoms with Crippen molar-refractivity contribution in [1.82, 2.24) is 4.90 Å². The van der Waals surface area contributed by atoms with Crippen molar-refractivity contribution in [1.29, 1.82) is 0 Å². The molecule has 5 unspecified atom stereocenters. The molecule has 1 aromatic carbocycles. The molecule has 0 saturated heterocycles. The first-order valence-electron chi connectivity index (χ1n) is 8.26. The highest BCUT2D eigenvalue weighted by Crippen LogP contribution is 2.48. The summed E-state index contributed by atoms with van der Waals surface area (Å²) in [6.07, 6.45) is 5.81. The molecule has 2 bridgehead atoms. The summed E-state index contributed by atoms with van der Waals surface area (Å²) in [5.74, 6) is 2.84. The van der Waals surface area contributed by atoms with E-state index in [0.717, 1.165) is 22.8 Å². The van der Waals surface area contributed by atoms with E-state index in [1.54, 1.807) is 0 Å². The summed E-state index contributed by atoms with van der Waals surface area (Å²) in [4.78, 5) is 2.46. The highest BCUT2D eigenvalue weighted by Gasteiger charge is 2.40. The first-order chi connectivity index (χ1) is 10.0. The third kappa shape index (κ3) is 3.28. The number of nitrogens with zero attached hydrogens (tertiary/aromatic N) is 1. The molecule has 2 N–H and O–H groups in total. The second-order valence-electron chi connectivity index (χ2n) is 7.23. The largest absolute Gasteiger partial charge is 0.326 e. The normalized spacial score (nSPS) is 30.8. The average Bonchev–Trinajstić information content (AvgIpc) is 3.00. The Morgan fingerprint density at radius 3 is 2.71 bits per heavy atom. The summed E-state index contributed by atoms with van der Waals surface area (Å²) in [7, 11) is 2.22. The summed E-state index contributed by atoms with van der Waals surface area (Å²) in [5.41, 5.74) is 7.52. The third-order valence-corrected chi connectivity index (χ3v) is 5.81. The van der Waals surface area contributed by atoms with E-state index in [-0.39, 0.29) is 12.1 Å². The second-order valence-corrected chi connectivity index (χ2v) is 7.67. The predicted octanol–water partition coefficient (Wildman–Crippen LogP) is 4.10.